The third-order valence-electron chi connectivity index (χ3n) is 13.1. The molecule has 6 unspecified atom stereocenters. The lowest BCUT2D eigenvalue weighted by Crippen LogP contribution is -2.61. The van der Waals surface area contributed by atoms with Gasteiger partial charge in [-0.3, -0.25) is 14.4 Å². The molecule has 12 heteroatoms. The molecule has 1 fully saturated rings. The van der Waals surface area contributed by atoms with E-state index in [1.165, 1.54) is 38.5 Å². The largest absolute Gasteiger partial charge is 0.479 e. The lowest BCUT2D eigenvalue weighted by atomic mass is 9.98. The van der Waals surface area contributed by atoms with Crippen LogP contribution in [-0.2, 0) is 42.9 Å². The zero-order chi connectivity index (χ0) is 56.1. The quantitative estimate of drug-likeness (QED) is 0.0228. The van der Waals surface area contributed by atoms with Crippen molar-refractivity contribution in [2.24, 2.45) is 0 Å². The first-order chi connectivity index (χ1) is 37.6. The second kappa shape index (κ2) is 52.3. The molecule has 1 heterocycles. The molecule has 0 aliphatic carbocycles. The summed E-state index contributed by atoms with van der Waals surface area (Å²) in [6.45, 7) is 5.72. The topological polar surface area (TPSA) is 175 Å². The van der Waals surface area contributed by atoms with E-state index in [1.54, 1.807) is 0 Å². The monoisotopic (exact) mass is 1080 g/mol. The Hall–Kier alpha value is -4.36. The van der Waals surface area contributed by atoms with Crippen LogP contribution in [0.5, 0.6) is 0 Å². The number of allylic oxidation sites excluding steroid dienone is 16. The van der Waals surface area contributed by atoms with Gasteiger partial charge in [-0.2, -0.15) is 0 Å². The summed E-state index contributed by atoms with van der Waals surface area (Å²) in [5.74, 6) is -3.20. The molecule has 1 rings (SSSR count). The van der Waals surface area contributed by atoms with Crippen molar-refractivity contribution in [3.05, 3.63) is 97.2 Å². The van der Waals surface area contributed by atoms with E-state index in [9.17, 15) is 34.5 Å². The van der Waals surface area contributed by atoms with Crippen molar-refractivity contribution >= 4 is 23.9 Å². The van der Waals surface area contributed by atoms with Crippen LogP contribution >= 0.6 is 0 Å². The standard InChI is InChI=1S/C65H106O12/c1-4-7-10-13-16-19-22-25-28-29-32-35-38-41-44-47-50-53-59(68)76-63-61(70)60(69)62(64(71)72)77-65(63)74-55-56(75-58(67)52-49-46-43-40-37-34-31-27-24-21-18-15-12-9-6-3)54-73-57(66)51-48-45-42-39-36-33-30-26-23-20-17-14-11-8-5-2/h7-8,10-11,16-17,19-20,25-28,30-31,36,39,56,60-63,65,69-70H,4-6,9,12-15,18,21-24,29,32-35,37-38,40-55H2,1-3H3,(H,71,72)/b10-7-,11-8-,19-16-,20-17-,28-25-,30-26-,31-27-,39-36-. The van der Waals surface area contributed by atoms with Gasteiger partial charge in [-0.25, -0.2) is 4.79 Å². The molecule has 438 valence electrons. The molecule has 3 N–H and O–H groups in total. The Labute approximate surface area is 466 Å². The van der Waals surface area contributed by atoms with Crippen LogP contribution in [0.1, 0.15) is 239 Å². The lowest BCUT2D eigenvalue weighted by molar-refractivity contribution is -0.301. The van der Waals surface area contributed by atoms with Crippen molar-refractivity contribution in [3.63, 3.8) is 0 Å². The Morgan fingerprint density at radius 1 is 0.442 bits per heavy atom. The molecule has 0 spiro atoms. The summed E-state index contributed by atoms with van der Waals surface area (Å²) in [6, 6.07) is 0. The summed E-state index contributed by atoms with van der Waals surface area (Å²) in [5.41, 5.74) is 0. The van der Waals surface area contributed by atoms with Crippen LogP contribution in [0.4, 0.5) is 0 Å². The van der Waals surface area contributed by atoms with Crippen LogP contribution in [0, 0.1) is 0 Å². The molecular weight excluding hydrogens is 973 g/mol. The van der Waals surface area contributed by atoms with Crippen LogP contribution in [0.2, 0.25) is 0 Å². The molecule has 1 aliphatic rings. The number of ether oxygens (including phenoxy) is 5. The second-order valence-electron chi connectivity index (χ2n) is 20.2. The van der Waals surface area contributed by atoms with E-state index in [4.69, 9.17) is 23.7 Å². The SMILES string of the molecule is CC/C=C\C/C=C\C/C=C\C/C=C\CCCCC(=O)OCC(COC1OC(C(=O)O)C(O)C(O)C1OC(=O)CCCCCCCCC/C=C\C/C=C\C/C=C\CC)OC(=O)CCCCCCC/C=C\CCCCCCCC. The minimum atomic E-state index is -1.92. The van der Waals surface area contributed by atoms with Gasteiger partial charge in [-0.1, -0.05) is 201 Å². The number of hydrogen-bond acceptors (Lipinski definition) is 11. The fraction of sp³-hybridized carbons (Fsp3) is 0.692. The maximum atomic E-state index is 13.2. The Balaban J connectivity index is 2.72. The molecule has 0 aromatic heterocycles. The highest BCUT2D eigenvalue weighted by Gasteiger charge is 2.50. The molecule has 1 aliphatic heterocycles. The fourth-order valence-corrected chi connectivity index (χ4v) is 8.54. The Kier molecular flexibility index (Phi) is 48.0. The first-order valence-electron chi connectivity index (χ1n) is 30.2. The van der Waals surface area contributed by atoms with Crippen LogP contribution in [0.3, 0.4) is 0 Å². The van der Waals surface area contributed by atoms with E-state index in [0.29, 0.717) is 19.3 Å². The zero-order valence-corrected chi connectivity index (χ0v) is 48.2. The van der Waals surface area contributed by atoms with E-state index in [0.717, 1.165) is 141 Å². The summed E-state index contributed by atoms with van der Waals surface area (Å²) in [6.07, 6.45) is 56.6. The molecule has 0 aromatic carbocycles. The highest BCUT2D eigenvalue weighted by atomic mass is 16.7. The minimum absolute atomic E-state index is 0.0402. The Morgan fingerprint density at radius 2 is 0.818 bits per heavy atom. The van der Waals surface area contributed by atoms with E-state index in [-0.39, 0.29) is 25.9 Å². The van der Waals surface area contributed by atoms with E-state index >= 15 is 0 Å². The summed E-state index contributed by atoms with van der Waals surface area (Å²) in [5, 5.41) is 31.5. The van der Waals surface area contributed by atoms with Crippen LogP contribution in [0.25, 0.3) is 0 Å². The molecule has 1 saturated heterocycles. The number of carbonyl (C=O) groups is 4. The molecule has 0 radical (unpaired) electrons. The number of hydrogen-bond donors (Lipinski definition) is 3. The van der Waals surface area contributed by atoms with Gasteiger partial charge in [0.2, 0.25) is 0 Å². The van der Waals surface area contributed by atoms with Gasteiger partial charge in [0.1, 0.15) is 18.8 Å². The van der Waals surface area contributed by atoms with Crippen molar-refractivity contribution in [2.45, 2.75) is 276 Å². The Morgan fingerprint density at radius 3 is 1.29 bits per heavy atom. The number of aliphatic hydroxyl groups excluding tert-OH is 2. The summed E-state index contributed by atoms with van der Waals surface area (Å²) in [4.78, 5) is 51.2. The van der Waals surface area contributed by atoms with Gasteiger partial charge in [0.15, 0.2) is 24.6 Å². The number of aliphatic hydroxyl groups is 2. The summed E-state index contributed by atoms with van der Waals surface area (Å²) < 4.78 is 28.4. The maximum absolute atomic E-state index is 13.2. The first kappa shape index (κ1) is 70.7. The number of esters is 3. The molecule has 0 saturated carbocycles. The van der Waals surface area contributed by atoms with E-state index in [1.807, 2.05) is 0 Å². The van der Waals surface area contributed by atoms with Gasteiger partial charge >= 0.3 is 23.9 Å². The van der Waals surface area contributed by atoms with Crippen molar-refractivity contribution in [3.8, 4) is 0 Å². The van der Waals surface area contributed by atoms with Gasteiger partial charge in [0, 0.05) is 19.3 Å². The zero-order valence-electron chi connectivity index (χ0n) is 48.2. The second-order valence-corrected chi connectivity index (χ2v) is 20.2. The predicted octanol–water partition coefficient (Wildman–Crippen LogP) is 15.7. The predicted molar refractivity (Wildman–Crippen MR) is 312 cm³/mol. The van der Waals surface area contributed by atoms with Crippen molar-refractivity contribution < 1.29 is 58.2 Å². The molecule has 0 amide bonds. The highest BCUT2D eigenvalue weighted by molar-refractivity contribution is 5.74. The first-order valence-corrected chi connectivity index (χ1v) is 30.2. The maximum Gasteiger partial charge on any atom is 0.335 e. The number of rotatable bonds is 50. The third-order valence-corrected chi connectivity index (χ3v) is 13.1. The van der Waals surface area contributed by atoms with Crippen molar-refractivity contribution in [1.82, 2.24) is 0 Å². The van der Waals surface area contributed by atoms with E-state index < -0.39 is 67.3 Å². The van der Waals surface area contributed by atoms with Crippen molar-refractivity contribution in [1.29, 1.82) is 0 Å². The molecule has 0 aromatic rings. The number of unbranched alkanes of at least 4 members (excludes halogenated alkanes) is 20. The molecular formula is C65H106O12. The smallest absolute Gasteiger partial charge is 0.335 e. The Bertz CT molecular complexity index is 1710. The van der Waals surface area contributed by atoms with Crippen LogP contribution in [-0.4, -0.2) is 89.2 Å². The summed E-state index contributed by atoms with van der Waals surface area (Å²) >= 11 is 0. The number of carbonyl (C=O) groups excluding carboxylic acids is 3. The molecule has 77 heavy (non-hydrogen) atoms. The van der Waals surface area contributed by atoms with Gasteiger partial charge in [0.25, 0.3) is 0 Å². The van der Waals surface area contributed by atoms with Gasteiger partial charge in [-0.15, -0.1) is 0 Å². The van der Waals surface area contributed by atoms with Crippen LogP contribution in [0.15, 0.2) is 97.2 Å². The lowest BCUT2D eigenvalue weighted by Gasteiger charge is -2.40. The molecule has 0 bridgehead atoms. The van der Waals surface area contributed by atoms with Gasteiger partial charge < -0.3 is 39.0 Å². The minimum Gasteiger partial charge on any atom is -0.479 e. The highest BCUT2D eigenvalue weighted by Crippen LogP contribution is 2.26. The molecule has 6 atom stereocenters. The summed E-state index contributed by atoms with van der Waals surface area (Å²) in [7, 11) is 0. The van der Waals surface area contributed by atoms with Gasteiger partial charge in [-0.05, 0) is 116 Å². The number of carboxylic acid groups (broad SMARTS) is 1. The number of aliphatic carboxylic acids is 1. The van der Waals surface area contributed by atoms with Gasteiger partial charge in [0.05, 0.1) is 6.61 Å². The van der Waals surface area contributed by atoms with Crippen molar-refractivity contribution in [2.75, 3.05) is 13.2 Å². The third kappa shape index (κ3) is 42.3. The van der Waals surface area contributed by atoms with Crippen LogP contribution < -0.4 is 0 Å². The average Bonchev–Trinajstić information content (AvgIpc) is 3.42. The number of carboxylic acids is 1. The molecule has 12 nitrogen and oxygen atoms in total. The normalized spacial score (nSPS) is 18.7. The average molecular weight is 1080 g/mol. The van der Waals surface area contributed by atoms with E-state index in [2.05, 4.69) is 118 Å². The fourth-order valence-electron chi connectivity index (χ4n) is 8.54.